The van der Waals surface area contributed by atoms with Gasteiger partial charge in [-0.2, -0.15) is 0 Å². The maximum Gasteiger partial charge on any atom is 0.328 e. The van der Waals surface area contributed by atoms with Crippen molar-refractivity contribution in [3.63, 3.8) is 0 Å². The van der Waals surface area contributed by atoms with Crippen LogP contribution in [0.25, 0.3) is 5.57 Å². The fourth-order valence-corrected chi connectivity index (χ4v) is 3.32. The minimum atomic E-state index is -0.269. The second-order valence-electron chi connectivity index (χ2n) is 6.32. The van der Waals surface area contributed by atoms with Crippen molar-refractivity contribution < 1.29 is 9.53 Å². The van der Waals surface area contributed by atoms with Gasteiger partial charge in [-0.1, -0.05) is 25.1 Å². The molecule has 1 aromatic carbocycles. The lowest BCUT2D eigenvalue weighted by Crippen LogP contribution is -2.54. The van der Waals surface area contributed by atoms with Crippen LogP contribution in [0.1, 0.15) is 45.2 Å². The first kappa shape index (κ1) is 15.6. The maximum atomic E-state index is 12.2. The third-order valence-electron chi connectivity index (χ3n) is 4.20. The molecule has 0 bridgehead atoms. The summed E-state index contributed by atoms with van der Waals surface area (Å²) in [4.78, 5) is 14.4. The van der Waals surface area contributed by atoms with Crippen molar-refractivity contribution in [3.05, 3.63) is 35.4 Å². The number of esters is 1. The molecule has 114 valence electrons. The van der Waals surface area contributed by atoms with Crippen LogP contribution in [-0.2, 0) is 9.53 Å². The van der Waals surface area contributed by atoms with E-state index in [4.69, 9.17) is 4.74 Å². The Morgan fingerprint density at radius 3 is 2.57 bits per heavy atom. The second kappa shape index (κ2) is 5.55. The van der Waals surface area contributed by atoms with Gasteiger partial charge in [0.15, 0.2) is 0 Å². The number of allylic oxidation sites excluding steroid dienone is 1. The highest BCUT2D eigenvalue weighted by molar-refractivity contribution is 5.87. The van der Waals surface area contributed by atoms with Crippen molar-refractivity contribution in [2.24, 2.45) is 0 Å². The Kier molecular flexibility index (Phi) is 4.13. The lowest BCUT2D eigenvalue weighted by Gasteiger charge is -2.46. The number of aryl methyl sites for hydroxylation is 1. The van der Waals surface area contributed by atoms with Gasteiger partial charge >= 0.3 is 5.97 Å². The number of methoxy groups -OCH3 is 1. The van der Waals surface area contributed by atoms with E-state index in [1.807, 2.05) is 6.92 Å². The van der Waals surface area contributed by atoms with Gasteiger partial charge in [-0.05, 0) is 51.3 Å². The molecule has 0 aliphatic carbocycles. The largest absolute Gasteiger partial charge is 0.467 e. The van der Waals surface area contributed by atoms with E-state index in [1.54, 1.807) is 0 Å². The van der Waals surface area contributed by atoms with Crippen LogP contribution in [0.2, 0.25) is 0 Å². The quantitative estimate of drug-likeness (QED) is 0.788. The molecule has 0 unspecified atom stereocenters. The predicted octanol–water partition coefficient (Wildman–Crippen LogP) is 3.95. The van der Waals surface area contributed by atoms with E-state index in [-0.39, 0.29) is 17.6 Å². The summed E-state index contributed by atoms with van der Waals surface area (Å²) in [5.74, 6) is -0.175. The van der Waals surface area contributed by atoms with Crippen LogP contribution in [0.15, 0.2) is 24.3 Å². The molecule has 0 spiro atoms. The average Bonchev–Trinajstić information content (AvgIpc) is 2.41. The molecule has 1 aliphatic rings. The molecule has 21 heavy (non-hydrogen) atoms. The Morgan fingerprint density at radius 1 is 1.33 bits per heavy atom. The van der Waals surface area contributed by atoms with Crippen LogP contribution in [0.5, 0.6) is 0 Å². The van der Waals surface area contributed by atoms with Gasteiger partial charge in [-0.25, -0.2) is 4.79 Å². The molecule has 3 heteroatoms. The van der Waals surface area contributed by atoms with Crippen LogP contribution >= 0.6 is 0 Å². The highest BCUT2D eigenvalue weighted by Gasteiger charge is 2.38. The van der Waals surface area contributed by atoms with Crippen LogP contribution < -0.4 is 4.90 Å². The minimum Gasteiger partial charge on any atom is -0.467 e. The Labute approximate surface area is 127 Å². The minimum absolute atomic E-state index is 0.175. The number of hydrogen-bond acceptors (Lipinski definition) is 3. The molecule has 0 saturated carbocycles. The van der Waals surface area contributed by atoms with Gasteiger partial charge in [-0.15, -0.1) is 0 Å². The molecule has 0 fully saturated rings. The Bertz CT molecular complexity index is 587. The highest BCUT2D eigenvalue weighted by atomic mass is 16.5. The molecule has 1 heterocycles. The standard InChI is InChI=1S/C18H25NO2/c1-7-15(17(20)21-6)19-16-10-12(2)8-9-14(16)13(3)11-18(19,4)5/h8-11,15H,7H2,1-6H3/t15-/m1/s1. The van der Waals surface area contributed by atoms with Crippen molar-refractivity contribution in [1.82, 2.24) is 0 Å². The summed E-state index contributed by atoms with van der Waals surface area (Å²) >= 11 is 0. The lowest BCUT2D eigenvalue weighted by molar-refractivity contribution is -0.142. The zero-order chi connectivity index (χ0) is 15.8. The summed E-state index contributed by atoms with van der Waals surface area (Å²) in [5.41, 5.74) is 4.55. The summed E-state index contributed by atoms with van der Waals surface area (Å²) in [7, 11) is 1.46. The van der Waals surface area contributed by atoms with Crippen molar-refractivity contribution in [2.45, 2.75) is 52.6 Å². The molecule has 2 rings (SSSR count). The van der Waals surface area contributed by atoms with Gasteiger partial charge < -0.3 is 9.64 Å². The van der Waals surface area contributed by atoms with Crippen LogP contribution in [0, 0.1) is 6.92 Å². The third kappa shape index (κ3) is 2.69. The lowest BCUT2D eigenvalue weighted by atomic mass is 9.86. The molecule has 1 atom stereocenters. The van der Waals surface area contributed by atoms with Crippen LogP contribution in [0.4, 0.5) is 5.69 Å². The van der Waals surface area contributed by atoms with E-state index in [0.717, 1.165) is 12.1 Å². The smallest absolute Gasteiger partial charge is 0.328 e. The SMILES string of the molecule is CC[C@H](C(=O)OC)N1c2cc(C)ccc2C(C)=CC1(C)C. The number of nitrogens with zero attached hydrogens (tertiary/aromatic N) is 1. The number of benzene rings is 1. The molecule has 1 aliphatic heterocycles. The van der Waals surface area contributed by atoms with Gasteiger partial charge in [0.05, 0.1) is 12.6 Å². The van der Waals surface area contributed by atoms with Crippen molar-refractivity contribution in [3.8, 4) is 0 Å². The van der Waals surface area contributed by atoms with Gasteiger partial charge in [0.1, 0.15) is 6.04 Å². The number of anilines is 1. The summed E-state index contributed by atoms with van der Waals surface area (Å²) in [6.45, 7) is 10.5. The molecule has 1 aromatic rings. The topological polar surface area (TPSA) is 29.5 Å². The zero-order valence-electron chi connectivity index (χ0n) is 13.9. The molecular formula is C18H25NO2. The van der Waals surface area contributed by atoms with Gasteiger partial charge in [0.2, 0.25) is 0 Å². The van der Waals surface area contributed by atoms with Gasteiger partial charge in [0, 0.05) is 11.3 Å². The summed E-state index contributed by atoms with van der Waals surface area (Å²) in [6, 6.07) is 6.16. The summed E-state index contributed by atoms with van der Waals surface area (Å²) in [6.07, 6.45) is 2.95. The third-order valence-corrected chi connectivity index (χ3v) is 4.20. The van der Waals surface area contributed by atoms with Crippen molar-refractivity contribution in [2.75, 3.05) is 12.0 Å². The zero-order valence-corrected chi connectivity index (χ0v) is 13.9. The molecule has 0 N–H and O–H groups in total. The molecule has 0 radical (unpaired) electrons. The molecule has 0 aromatic heterocycles. The Hall–Kier alpha value is -1.77. The fraction of sp³-hybridized carbons (Fsp3) is 0.500. The summed E-state index contributed by atoms with van der Waals surface area (Å²) < 4.78 is 5.02. The fourth-order valence-electron chi connectivity index (χ4n) is 3.32. The molecule has 0 saturated heterocycles. The van der Waals surface area contributed by atoms with Crippen LogP contribution in [0.3, 0.4) is 0 Å². The van der Waals surface area contributed by atoms with E-state index in [0.29, 0.717) is 0 Å². The number of carbonyl (C=O) groups excluding carboxylic acids is 1. The van der Waals surface area contributed by atoms with Crippen LogP contribution in [-0.4, -0.2) is 24.7 Å². The second-order valence-corrected chi connectivity index (χ2v) is 6.32. The Balaban J connectivity index is 2.63. The number of hydrogen-bond donors (Lipinski definition) is 0. The van der Waals surface area contributed by atoms with Crippen molar-refractivity contribution >= 4 is 17.2 Å². The first-order chi connectivity index (χ1) is 9.81. The Morgan fingerprint density at radius 2 is 2.00 bits per heavy atom. The van der Waals surface area contributed by atoms with Crippen molar-refractivity contribution in [1.29, 1.82) is 0 Å². The van der Waals surface area contributed by atoms with Gasteiger partial charge in [0.25, 0.3) is 0 Å². The first-order valence-corrected chi connectivity index (χ1v) is 7.49. The van der Waals surface area contributed by atoms with E-state index < -0.39 is 0 Å². The molecule has 0 amide bonds. The monoisotopic (exact) mass is 287 g/mol. The highest BCUT2D eigenvalue weighted by Crippen LogP contribution is 2.41. The molecule has 3 nitrogen and oxygen atoms in total. The number of rotatable bonds is 3. The predicted molar refractivity (Wildman–Crippen MR) is 87.5 cm³/mol. The van der Waals surface area contributed by atoms with E-state index in [2.05, 4.69) is 56.9 Å². The van der Waals surface area contributed by atoms with E-state index >= 15 is 0 Å². The van der Waals surface area contributed by atoms with Gasteiger partial charge in [-0.3, -0.25) is 0 Å². The van der Waals surface area contributed by atoms with E-state index in [9.17, 15) is 4.79 Å². The first-order valence-electron chi connectivity index (χ1n) is 7.49. The average molecular weight is 287 g/mol. The summed E-state index contributed by atoms with van der Waals surface area (Å²) in [5, 5.41) is 0. The normalized spacial score (nSPS) is 17.8. The maximum absolute atomic E-state index is 12.2. The van der Waals surface area contributed by atoms with E-state index in [1.165, 1.54) is 23.8 Å². The molecular weight excluding hydrogens is 262 g/mol. The number of carbonyl (C=O) groups is 1. The number of fused-ring (bicyclic) bond motifs is 1. The number of ether oxygens (including phenoxy) is 1.